The van der Waals surface area contributed by atoms with Crippen molar-refractivity contribution in [2.75, 3.05) is 0 Å². The van der Waals surface area contributed by atoms with Crippen molar-refractivity contribution in [1.29, 1.82) is 0 Å². The first-order valence-corrected chi connectivity index (χ1v) is 5.57. The van der Waals surface area contributed by atoms with E-state index in [0.717, 1.165) is 0 Å². The van der Waals surface area contributed by atoms with Crippen molar-refractivity contribution in [3.05, 3.63) is 30.1 Å². The molecule has 1 aromatic rings. The second-order valence-corrected chi connectivity index (χ2v) is 3.54. The van der Waals surface area contributed by atoms with E-state index >= 15 is 0 Å². The number of aromatic amines is 1. The second-order valence-electron chi connectivity index (χ2n) is 3.54. The Balaban J connectivity index is 0. The predicted molar refractivity (Wildman–Crippen MR) is 64.4 cm³/mol. The molecule has 1 heteroatoms. The topological polar surface area (TPSA) is 14.1 Å². The Kier molecular flexibility index (Phi) is 9.74. The standard InChI is InChI=1S/C9H13N.2C2H6/c1-9(2,3)8-4-6-10-7-5-8;2*1-2/h4-7H,1-3H3;2*1-2H3/p+1. The van der Waals surface area contributed by atoms with Crippen LogP contribution in [0.25, 0.3) is 0 Å². The summed E-state index contributed by atoms with van der Waals surface area (Å²) in [6.07, 6.45) is 3.92. The molecule has 1 nitrogen and oxygen atoms in total. The van der Waals surface area contributed by atoms with Gasteiger partial charge < -0.3 is 0 Å². The molecule has 0 unspecified atom stereocenters. The van der Waals surface area contributed by atoms with Gasteiger partial charge in [0.2, 0.25) is 0 Å². The molecular formula is C13H26N+. The molecule has 1 heterocycles. The Bertz CT molecular complexity index is 196. The van der Waals surface area contributed by atoms with Crippen molar-refractivity contribution in [3.8, 4) is 0 Å². The van der Waals surface area contributed by atoms with Gasteiger partial charge in [0, 0.05) is 12.1 Å². The fourth-order valence-electron chi connectivity index (χ4n) is 0.887. The molecule has 82 valence electrons. The largest absolute Gasteiger partial charge is 0.218 e. The SMILES string of the molecule is CC.CC.CC(C)(C)c1cc[nH+]cc1. The molecule has 1 aromatic heterocycles. The molecule has 0 aliphatic carbocycles. The summed E-state index contributed by atoms with van der Waals surface area (Å²) in [4.78, 5) is 3.00. The molecule has 0 aliphatic rings. The summed E-state index contributed by atoms with van der Waals surface area (Å²) in [7, 11) is 0. The van der Waals surface area contributed by atoms with E-state index in [9.17, 15) is 0 Å². The summed E-state index contributed by atoms with van der Waals surface area (Å²) >= 11 is 0. The average molecular weight is 196 g/mol. The van der Waals surface area contributed by atoms with Gasteiger partial charge in [-0.1, -0.05) is 48.5 Å². The fraction of sp³-hybridized carbons (Fsp3) is 0.615. The summed E-state index contributed by atoms with van der Waals surface area (Å²) in [6.45, 7) is 14.6. The predicted octanol–water partition coefficient (Wildman–Crippen LogP) is 3.85. The van der Waals surface area contributed by atoms with E-state index in [2.05, 4.69) is 37.9 Å². The molecule has 0 aromatic carbocycles. The van der Waals surface area contributed by atoms with Crippen molar-refractivity contribution in [2.45, 2.75) is 53.9 Å². The lowest BCUT2D eigenvalue weighted by Gasteiger charge is -2.16. The van der Waals surface area contributed by atoms with Crippen molar-refractivity contribution in [2.24, 2.45) is 0 Å². The van der Waals surface area contributed by atoms with Gasteiger partial charge in [-0.25, -0.2) is 4.98 Å². The summed E-state index contributed by atoms with van der Waals surface area (Å²) < 4.78 is 0. The Morgan fingerprint density at radius 3 is 1.43 bits per heavy atom. The highest BCUT2D eigenvalue weighted by Gasteiger charge is 2.12. The molecule has 0 atom stereocenters. The molecule has 1 rings (SSSR count). The van der Waals surface area contributed by atoms with Crippen molar-refractivity contribution in [3.63, 3.8) is 0 Å². The molecule has 1 N–H and O–H groups in total. The third kappa shape index (κ3) is 6.64. The van der Waals surface area contributed by atoms with Crippen LogP contribution in [0, 0.1) is 0 Å². The molecule has 0 amide bonds. The highest BCUT2D eigenvalue weighted by molar-refractivity contribution is 5.17. The van der Waals surface area contributed by atoms with Crippen molar-refractivity contribution in [1.82, 2.24) is 0 Å². The van der Waals surface area contributed by atoms with Gasteiger partial charge in [-0.05, 0) is 11.0 Å². The van der Waals surface area contributed by atoms with Crippen LogP contribution < -0.4 is 4.98 Å². The number of rotatable bonds is 0. The van der Waals surface area contributed by atoms with Gasteiger partial charge in [-0.15, -0.1) is 0 Å². The molecule has 0 radical (unpaired) electrons. The number of hydrogen-bond donors (Lipinski definition) is 0. The van der Waals surface area contributed by atoms with Crippen LogP contribution in [-0.2, 0) is 5.41 Å². The normalized spacial score (nSPS) is 9.07. The van der Waals surface area contributed by atoms with Crippen LogP contribution >= 0.6 is 0 Å². The zero-order valence-electron chi connectivity index (χ0n) is 10.8. The Morgan fingerprint density at radius 2 is 1.21 bits per heavy atom. The maximum atomic E-state index is 3.00. The van der Waals surface area contributed by atoms with Crippen LogP contribution in [0.4, 0.5) is 0 Å². The highest BCUT2D eigenvalue weighted by atomic mass is 14.6. The average Bonchev–Trinajstić information content (AvgIpc) is 2.24. The Labute approximate surface area is 89.6 Å². The molecular weight excluding hydrogens is 170 g/mol. The Morgan fingerprint density at radius 1 is 0.857 bits per heavy atom. The molecule has 0 spiro atoms. The van der Waals surface area contributed by atoms with Crippen LogP contribution in [0.15, 0.2) is 24.5 Å². The third-order valence-corrected chi connectivity index (χ3v) is 1.58. The number of pyridine rings is 1. The van der Waals surface area contributed by atoms with Gasteiger partial charge in [0.05, 0.1) is 0 Å². The quantitative estimate of drug-likeness (QED) is 0.598. The first-order valence-electron chi connectivity index (χ1n) is 5.57. The first-order chi connectivity index (χ1) is 6.61. The number of aromatic nitrogens is 1. The van der Waals surface area contributed by atoms with E-state index in [1.165, 1.54) is 5.56 Å². The van der Waals surface area contributed by atoms with E-state index in [-0.39, 0.29) is 5.41 Å². The molecule has 0 saturated heterocycles. The summed E-state index contributed by atoms with van der Waals surface area (Å²) in [5.41, 5.74) is 1.64. The number of H-pyrrole nitrogens is 1. The van der Waals surface area contributed by atoms with Gasteiger partial charge >= 0.3 is 0 Å². The second kappa shape index (κ2) is 8.74. The first kappa shape index (κ1) is 15.6. The molecule has 0 saturated carbocycles. The van der Waals surface area contributed by atoms with E-state index in [1.807, 2.05) is 40.1 Å². The van der Waals surface area contributed by atoms with E-state index in [4.69, 9.17) is 0 Å². The minimum Gasteiger partial charge on any atom is -0.218 e. The van der Waals surface area contributed by atoms with Crippen LogP contribution in [-0.4, -0.2) is 0 Å². The van der Waals surface area contributed by atoms with Gasteiger partial charge in [-0.2, -0.15) is 0 Å². The molecule has 0 bridgehead atoms. The molecule has 14 heavy (non-hydrogen) atoms. The van der Waals surface area contributed by atoms with Gasteiger partial charge in [0.15, 0.2) is 12.4 Å². The van der Waals surface area contributed by atoms with Crippen molar-refractivity contribution >= 4 is 0 Å². The maximum absolute atomic E-state index is 3.00. The summed E-state index contributed by atoms with van der Waals surface area (Å²) in [5.74, 6) is 0. The van der Waals surface area contributed by atoms with Crippen LogP contribution in [0.2, 0.25) is 0 Å². The van der Waals surface area contributed by atoms with Crippen LogP contribution in [0.1, 0.15) is 54.0 Å². The molecule has 0 fully saturated rings. The van der Waals surface area contributed by atoms with E-state index in [0.29, 0.717) is 0 Å². The van der Waals surface area contributed by atoms with Crippen molar-refractivity contribution < 1.29 is 4.98 Å². The third-order valence-electron chi connectivity index (χ3n) is 1.58. The number of nitrogens with one attached hydrogen (secondary N) is 1. The summed E-state index contributed by atoms with van der Waals surface area (Å²) in [5, 5.41) is 0. The minimum absolute atomic E-state index is 0.273. The van der Waals surface area contributed by atoms with E-state index < -0.39 is 0 Å². The lowest BCUT2D eigenvalue weighted by Crippen LogP contribution is -2.12. The summed E-state index contributed by atoms with van der Waals surface area (Å²) in [6, 6.07) is 4.22. The lowest BCUT2D eigenvalue weighted by atomic mass is 9.88. The van der Waals surface area contributed by atoms with E-state index in [1.54, 1.807) is 0 Å². The highest BCUT2D eigenvalue weighted by Crippen LogP contribution is 2.19. The maximum Gasteiger partial charge on any atom is 0.167 e. The van der Waals surface area contributed by atoms with Gasteiger partial charge in [-0.3, -0.25) is 0 Å². The van der Waals surface area contributed by atoms with Crippen LogP contribution in [0.3, 0.4) is 0 Å². The number of hydrogen-bond acceptors (Lipinski definition) is 0. The molecule has 0 aliphatic heterocycles. The monoisotopic (exact) mass is 196 g/mol. The van der Waals surface area contributed by atoms with Gasteiger partial charge in [0.25, 0.3) is 0 Å². The van der Waals surface area contributed by atoms with Gasteiger partial charge in [0.1, 0.15) is 0 Å². The zero-order valence-corrected chi connectivity index (χ0v) is 10.8. The Hall–Kier alpha value is -0.850. The van der Waals surface area contributed by atoms with Crippen LogP contribution in [0.5, 0.6) is 0 Å². The lowest BCUT2D eigenvalue weighted by molar-refractivity contribution is -0.378. The zero-order chi connectivity index (χ0) is 11.6. The minimum atomic E-state index is 0.273. The fourth-order valence-corrected chi connectivity index (χ4v) is 0.887. The smallest absolute Gasteiger partial charge is 0.167 e.